The van der Waals surface area contributed by atoms with Gasteiger partial charge in [-0.3, -0.25) is 4.79 Å². The molecule has 0 saturated carbocycles. The molecule has 0 aliphatic rings. The second kappa shape index (κ2) is 8.87. The molecule has 0 unspecified atom stereocenters. The molecule has 2 heterocycles. The van der Waals surface area contributed by atoms with Gasteiger partial charge in [0, 0.05) is 19.2 Å². The minimum absolute atomic E-state index is 0.135. The number of ether oxygens (including phenoxy) is 2. The Kier molecular flexibility index (Phi) is 6.08. The standard InChI is InChI=1S/C21H20N6O3/c1-12-7-14(10-22)8-13(2)19(12)30-18-9-16(20(28)23-3)26-21(27-18)25-15-5-6-17(29-4)24-11-15/h5-9,11H,1-4H3,(H,23,28)(H,25,26,27). The van der Waals surface area contributed by atoms with Gasteiger partial charge < -0.3 is 20.1 Å². The zero-order chi connectivity index (χ0) is 21.7. The van der Waals surface area contributed by atoms with Gasteiger partial charge in [-0.05, 0) is 43.2 Å². The lowest BCUT2D eigenvalue weighted by Gasteiger charge is -2.13. The van der Waals surface area contributed by atoms with Gasteiger partial charge in [0.25, 0.3) is 5.91 Å². The van der Waals surface area contributed by atoms with Gasteiger partial charge >= 0.3 is 0 Å². The number of amides is 1. The van der Waals surface area contributed by atoms with Crippen LogP contribution in [-0.2, 0) is 0 Å². The Balaban J connectivity index is 1.97. The average Bonchev–Trinajstić information content (AvgIpc) is 2.75. The molecule has 0 spiro atoms. The van der Waals surface area contributed by atoms with Gasteiger partial charge in [0.05, 0.1) is 30.6 Å². The number of benzene rings is 1. The molecule has 3 aromatic rings. The Morgan fingerprint density at radius 1 is 1.10 bits per heavy atom. The van der Waals surface area contributed by atoms with Crippen LogP contribution in [0.25, 0.3) is 0 Å². The largest absolute Gasteiger partial charge is 0.481 e. The maximum atomic E-state index is 12.2. The summed E-state index contributed by atoms with van der Waals surface area (Å²) < 4.78 is 11.0. The van der Waals surface area contributed by atoms with E-state index in [-0.39, 0.29) is 23.4 Å². The molecule has 0 fully saturated rings. The molecule has 0 saturated heterocycles. The fraction of sp³-hybridized carbons (Fsp3) is 0.190. The third-order valence-electron chi connectivity index (χ3n) is 4.16. The van der Waals surface area contributed by atoms with Crippen LogP contribution in [0.15, 0.2) is 36.5 Å². The van der Waals surface area contributed by atoms with Crippen LogP contribution >= 0.6 is 0 Å². The number of methoxy groups -OCH3 is 1. The van der Waals surface area contributed by atoms with E-state index in [0.29, 0.717) is 22.9 Å². The van der Waals surface area contributed by atoms with E-state index in [1.807, 2.05) is 13.8 Å². The van der Waals surface area contributed by atoms with E-state index in [4.69, 9.17) is 14.7 Å². The maximum Gasteiger partial charge on any atom is 0.269 e. The minimum atomic E-state index is -0.383. The van der Waals surface area contributed by atoms with Crippen LogP contribution in [-0.4, -0.2) is 35.0 Å². The second-order valence-electron chi connectivity index (χ2n) is 6.36. The van der Waals surface area contributed by atoms with Gasteiger partial charge in [-0.1, -0.05) is 0 Å². The number of nitriles is 1. The predicted octanol–water partition coefficient (Wildman–Crippen LogP) is 3.26. The highest BCUT2D eigenvalue weighted by atomic mass is 16.5. The molecule has 1 aromatic carbocycles. The maximum absolute atomic E-state index is 12.2. The molecule has 1 amide bonds. The molecule has 0 radical (unpaired) electrons. The van der Waals surface area contributed by atoms with Crippen molar-refractivity contribution < 1.29 is 14.3 Å². The van der Waals surface area contributed by atoms with E-state index in [2.05, 4.69) is 31.7 Å². The summed E-state index contributed by atoms with van der Waals surface area (Å²) in [6.45, 7) is 3.68. The molecule has 2 aromatic heterocycles. The molecule has 0 aliphatic carbocycles. The first-order valence-corrected chi connectivity index (χ1v) is 9.01. The Morgan fingerprint density at radius 3 is 2.40 bits per heavy atom. The van der Waals surface area contributed by atoms with Crippen molar-refractivity contribution in [3.63, 3.8) is 0 Å². The first-order chi connectivity index (χ1) is 14.4. The number of pyridine rings is 1. The summed E-state index contributed by atoms with van der Waals surface area (Å²) in [5, 5.41) is 14.7. The van der Waals surface area contributed by atoms with Crippen molar-refractivity contribution in [1.82, 2.24) is 20.3 Å². The fourth-order valence-corrected chi connectivity index (χ4v) is 2.76. The SMILES string of the molecule is CNC(=O)c1cc(Oc2c(C)cc(C#N)cc2C)nc(Nc2ccc(OC)nc2)n1. The average molecular weight is 404 g/mol. The number of rotatable bonds is 6. The fourth-order valence-electron chi connectivity index (χ4n) is 2.76. The number of carbonyl (C=O) groups excluding carboxylic acids is 1. The Morgan fingerprint density at radius 2 is 1.83 bits per heavy atom. The Hall–Kier alpha value is -4.19. The highest BCUT2D eigenvalue weighted by Crippen LogP contribution is 2.30. The summed E-state index contributed by atoms with van der Waals surface area (Å²) in [5.74, 6) is 1.00. The predicted molar refractivity (Wildman–Crippen MR) is 110 cm³/mol. The molecule has 0 bridgehead atoms. The van der Waals surface area contributed by atoms with E-state index in [9.17, 15) is 4.79 Å². The van der Waals surface area contributed by atoms with E-state index in [0.717, 1.165) is 11.1 Å². The number of nitrogens with one attached hydrogen (secondary N) is 2. The Labute approximate surface area is 173 Å². The number of carbonyl (C=O) groups is 1. The summed E-state index contributed by atoms with van der Waals surface area (Å²) in [7, 11) is 3.04. The highest BCUT2D eigenvalue weighted by molar-refractivity contribution is 5.92. The van der Waals surface area contributed by atoms with Crippen molar-refractivity contribution in [2.24, 2.45) is 0 Å². The topological polar surface area (TPSA) is 122 Å². The van der Waals surface area contributed by atoms with E-state index in [1.165, 1.54) is 20.2 Å². The number of aryl methyl sites for hydroxylation is 2. The minimum Gasteiger partial charge on any atom is -0.481 e. The highest BCUT2D eigenvalue weighted by Gasteiger charge is 2.15. The normalized spacial score (nSPS) is 10.1. The van der Waals surface area contributed by atoms with Crippen molar-refractivity contribution in [2.75, 3.05) is 19.5 Å². The van der Waals surface area contributed by atoms with E-state index < -0.39 is 0 Å². The number of hydrogen-bond acceptors (Lipinski definition) is 8. The van der Waals surface area contributed by atoms with Crippen molar-refractivity contribution >= 4 is 17.5 Å². The quantitative estimate of drug-likeness (QED) is 0.642. The lowest BCUT2D eigenvalue weighted by molar-refractivity contribution is 0.0957. The molecule has 9 heteroatoms. The van der Waals surface area contributed by atoms with Crippen LogP contribution in [0.1, 0.15) is 27.2 Å². The third-order valence-corrected chi connectivity index (χ3v) is 4.16. The van der Waals surface area contributed by atoms with Crippen molar-refractivity contribution in [3.8, 4) is 23.6 Å². The first-order valence-electron chi connectivity index (χ1n) is 9.01. The Bertz CT molecular complexity index is 1100. The first kappa shape index (κ1) is 20.5. The zero-order valence-corrected chi connectivity index (χ0v) is 17.0. The van der Waals surface area contributed by atoms with Crippen LogP contribution in [0, 0.1) is 25.2 Å². The van der Waals surface area contributed by atoms with Crippen LogP contribution in [0.5, 0.6) is 17.5 Å². The van der Waals surface area contributed by atoms with Crippen molar-refractivity contribution in [1.29, 1.82) is 5.26 Å². The number of anilines is 2. The van der Waals surface area contributed by atoms with Crippen LogP contribution in [0.3, 0.4) is 0 Å². The molecule has 9 nitrogen and oxygen atoms in total. The lowest BCUT2D eigenvalue weighted by atomic mass is 10.1. The van der Waals surface area contributed by atoms with Crippen LogP contribution < -0.4 is 20.1 Å². The van der Waals surface area contributed by atoms with Crippen LogP contribution in [0.4, 0.5) is 11.6 Å². The van der Waals surface area contributed by atoms with Gasteiger partial charge in [0.15, 0.2) is 0 Å². The van der Waals surface area contributed by atoms with Gasteiger partial charge in [-0.15, -0.1) is 0 Å². The third kappa shape index (κ3) is 4.62. The molecule has 152 valence electrons. The molecule has 0 aliphatic heterocycles. The van der Waals surface area contributed by atoms with E-state index in [1.54, 1.807) is 30.5 Å². The summed E-state index contributed by atoms with van der Waals surface area (Å²) in [6, 6.07) is 10.5. The van der Waals surface area contributed by atoms with Gasteiger partial charge in [0.2, 0.25) is 17.7 Å². The van der Waals surface area contributed by atoms with Crippen LogP contribution in [0.2, 0.25) is 0 Å². The van der Waals surface area contributed by atoms with Crippen molar-refractivity contribution in [3.05, 3.63) is 58.9 Å². The van der Waals surface area contributed by atoms with Gasteiger partial charge in [0.1, 0.15) is 11.4 Å². The molecule has 30 heavy (non-hydrogen) atoms. The number of hydrogen-bond donors (Lipinski definition) is 2. The van der Waals surface area contributed by atoms with Gasteiger partial charge in [-0.2, -0.15) is 10.2 Å². The summed E-state index contributed by atoms with van der Waals surface area (Å²) >= 11 is 0. The molecular formula is C21H20N6O3. The molecule has 3 rings (SSSR count). The smallest absolute Gasteiger partial charge is 0.269 e. The van der Waals surface area contributed by atoms with E-state index >= 15 is 0 Å². The summed E-state index contributed by atoms with van der Waals surface area (Å²) in [4.78, 5) is 24.9. The van der Waals surface area contributed by atoms with Crippen molar-refractivity contribution in [2.45, 2.75) is 13.8 Å². The lowest BCUT2D eigenvalue weighted by Crippen LogP contribution is -2.20. The molecular weight excluding hydrogens is 384 g/mol. The van der Waals surface area contributed by atoms with Gasteiger partial charge in [-0.25, -0.2) is 9.97 Å². The second-order valence-corrected chi connectivity index (χ2v) is 6.36. The summed E-state index contributed by atoms with van der Waals surface area (Å²) in [5.41, 5.74) is 2.85. The summed E-state index contributed by atoms with van der Waals surface area (Å²) in [6.07, 6.45) is 1.56. The zero-order valence-electron chi connectivity index (χ0n) is 17.0. The molecule has 0 atom stereocenters. The number of aromatic nitrogens is 3. The number of nitrogens with zero attached hydrogens (tertiary/aromatic N) is 4. The monoisotopic (exact) mass is 404 g/mol. The molecule has 2 N–H and O–H groups in total.